The van der Waals surface area contributed by atoms with Crippen molar-refractivity contribution in [2.75, 3.05) is 13.1 Å². The summed E-state index contributed by atoms with van der Waals surface area (Å²) < 4.78 is 1.90. The van der Waals surface area contributed by atoms with Crippen LogP contribution in [0.1, 0.15) is 36.8 Å². The molecule has 1 nitrogen and oxygen atoms in total. The molecule has 1 saturated heterocycles. The van der Waals surface area contributed by atoms with Crippen molar-refractivity contribution in [2.45, 2.75) is 32.1 Å². The molecule has 82 valence electrons. The van der Waals surface area contributed by atoms with E-state index in [1.807, 2.05) is 4.42 Å². The Balaban J connectivity index is 2.03. The van der Waals surface area contributed by atoms with Crippen LogP contribution in [0.2, 0.25) is 0 Å². The lowest BCUT2D eigenvalue weighted by Gasteiger charge is -2.27. The first-order valence-electron chi connectivity index (χ1n) is 5.79. The second kappa shape index (κ2) is 5.00. The Morgan fingerprint density at radius 1 is 1.20 bits per heavy atom. The number of aryl methyl sites for hydroxylation is 1. The van der Waals surface area contributed by atoms with Crippen molar-refractivity contribution in [3.05, 3.63) is 35.4 Å². The molecule has 1 heterocycles. The molecule has 0 aliphatic carbocycles. The second-order valence-electron chi connectivity index (χ2n) is 4.28. The molecule has 0 atom stereocenters. The Morgan fingerprint density at radius 3 is 2.33 bits per heavy atom. The highest BCUT2D eigenvalue weighted by Gasteiger charge is 2.18. The SMILES string of the molecule is CCc1ccc(C2CCN(Cl)CC2)cc1. The summed E-state index contributed by atoms with van der Waals surface area (Å²) in [5.74, 6) is 0.714. The van der Waals surface area contributed by atoms with Crippen LogP contribution in [0.3, 0.4) is 0 Å². The predicted molar refractivity (Wildman–Crippen MR) is 65.2 cm³/mol. The Kier molecular flexibility index (Phi) is 3.66. The highest BCUT2D eigenvalue weighted by Crippen LogP contribution is 2.28. The van der Waals surface area contributed by atoms with Gasteiger partial charge in [0, 0.05) is 13.1 Å². The summed E-state index contributed by atoms with van der Waals surface area (Å²) >= 11 is 5.95. The zero-order valence-corrected chi connectivity index (χ0v) is 10.0. The molecule has 0 amide bonds. The number of hydrogen-bond donors (Lipinski definition) is 0. The molecule has 2 heteroatoms. The summed E-state index contributed by atoms with van der Waals surface area (Å²) in [6.45, 7) is 4.23. The van der Waals surface area contributed by atoms with Crippen LogP contribution in [0.4, 0.5) is 0 Å². The van der Waals surface area contributed by atoms with Crippen LogP contribution in [0.25, 0.3) is 0 Å². The number of halogens is 1. The summed E-state index contributed by atoms with van der Waals surface area (Å²) in [6.07, 6.45) is 3.50. The monoisotopic (exact) mass is 223 g/mol. The minimum absolute atomic E-state index is 0.714. The summed E-state index contributed by atoms with van der Waals surface area (Å²) in [4.78, 5) is 0. The Labute approximate surface area is 97.2 Å². The fraction of sp³-hybridized carbons (Fsp3) is 0.538. The zero-order valence-electron chi connectivity index (χ0n) is 9.25. The van der Waals surface area contributed by atoms with Gasteiger partial charge in [0.1, 0.15) is 0 Å². The molecule has 0 N–H and O–H groups in total. The van der Waals surface area contributed by atoms with Crippen LogP contribution < -0.4 is 0 Å². The molecule has 15 heavy (non-hydrogen) atoms. The van der Waals surface area contributed by atoms with E-state index >= 15 is 0 Å². The van der Waals surface area contributed by atoms with Crippen LogP contribution in [0.5, 0.6) is 0 Å². The van der Waals surface area contributed by atoms with Gasteiger partial charge in [0.25, 0.3) is 0 Å². The van der Waals surface area contributed by atoms with E-state index in [4.69, 9.17) is 11.8 Å². The van der Waals surface area contributed by atoms with Crippen molar-refractivity contribution >= 4 is 11.8 Å². The molecule has 0 radical (unpaired) electrons. The van der Waals surface area contributed by atoms with E-state index in [0.717, 1.165) is 19.5 Å². The molecular weight excluding hydrogens is 206 g/mol. The number of rotatable bonds is 2. The van der Waals surface area contributed by atoms with Crippen molar-refractivity contribution in [3.8, 4) is 0 Å². The van der Waals surface area contributed by atoms with Crippen molar-refractivity contribution in [1.82, 2.24) is 4.42 Å². The van der Waals surface area contributed by atoms with Gasteiger partial charge in [0.05, 0.1) is 0 Å². The molecule has 1 fully saturated rings. The van der Waals surface area contributed by atoms with Crippen LogP contribution in [0, 0.1) is 0 Å². The molecular formula is C13H18ClN. The lowest BCUT2D eigenvalue weighted by atomic mass is 9.89. The molecule has 0 saturated carbocycles. The van der Waals surface area contributed by atoms with Gasteiger partial charge in [-0.3, -0.25) is 0 Å². The van der Waals surface area contributed by atoms with Crippen LogP contribution >= 0.6 is 11.8 Å². The standard InChI is InChI=1S/C13H18ClN/c1-2-11-3-5-12(6-4-11)13-7-9-15(14)10-8-13/h3-6,13H,2,7-10H2,1H3. The number of hydrogen-bond acceptors (Lipinski definition) is 1. The molecule has 0 bridgehead atoms. The lowest BCUT2D eigenvalue weighted by Crippen LogP contribution is -2.25. The van der Waals surface area contributed by atoms with Gasteiger partial charge in [-0.1, -0.05) is 31.2 Å². The van der Waals surface area contributed by atoms with Crippen LogP contribution in [0.15, 0.2) is 24.3 Å². The molecule has 0 unspecified atom stereocenters. The van der Waals surface area contributed by atoms with Gasteiger partial charge in [-0.15, -0.1) is 0 Å². The third-order valence-corrected chi connectivity index (χ3v) is 3.64. The normalized spacial score (nSPS) is 19.3. The van der Waals surface area contributed by atoms with Gasteiger partial charge in [-0.05, 0) is 48.1 Å². The van der Waals surface area contributed by atoms with Crippen molar-refractivity contribution in [3.63, 3.8) is 0 Å². The van der Waals surface area contributed by atoms with Gasteiger partial charge in [-0.2, -0.15) is 0 Å². The maximum atomic E-state index is 5.95. The van der Waals surface area contributed by atoms with E-state index < -0.39 is 0 Å². The average molecular weight is 224 g/mol. The summed E-state index contributed by atoms with van der Waals surface area (Å²) in [7, 11) is 0. The maximum Gasteiger partial charge on any atom is 0.0144 e. The fourth-order valence-electron chi connectivity index (χ4n) is 2.21. The topological polar surface area (TPSA) is 3.24 Å². The van der Waals surface area contributed by atoms with Crippen molar-refractivity contribution < 1.29 is 0 Å². The Bertz CT molecular complexity index is 299. The number of piperidine rings is 1. The van der Waals surface area contributed by atoms with Crippen molar-refractivity contribution in [1.29, 1.82) is 0 Å². The zero-order chi connectivity index (χ0) is 10.7. The largest absolute Gasteiger partial charge is 0.220 e. The first kappa shape index (κ1) is 11.0. The third kappa shape index (κ3) is 2.73. The Hall–Kier alpha value is -0.530. The number of benzene rings is 1. The summed E-state index contributed by atoms with van der Waals surface area (Å²) in [5.41, 5.74) is 2.91. The van der Waals surface area contributed by atoms with Crippen LogP contribution in [-0.2, 0) is 6.42 Å². The molecule has 1 aromatic rings. The summed E-state index contributed by atoms with van der Waals surface area (Å²) in [5, 5.41) is 0. The predicted octanol–water partition coefficient (Wildman–Crippen LogP) is 3.58. The van der Waals surface area contributed by atoms with E-state index in [1.165, 1.54) is 24.0 Å². The van der Waals surface area contributed by atoms with E-state index in [1.54, 1.807) is 0 Å². The minimum atomic E-state index is 0.714. The van der Waals surface area contributed by atoms with Gasteiger partial charge in [0.15, 0.2) is 0 Å². The van der Waals surface area contributed by atoms with Crippen molar-refractivity contribution in [2.24, 2.45) is 0 Å². The Morgan fingerprint density at radius 2 is 1.80 bits per heavy atom. The van der Waals surface area contributed by atoms with E-state index in [0.29, 0.717) is 5.92 Å². The van der Waals surface area contributed by atoms with Gasteiger partial charge >= 0.3 is 0 Å². The molecule has 1 aliphatic rings. The third-order valence-electron chi connectivity index (χ3n) is 3.30. The van der Waals surface area contributed by atoms with E-state index in [9.17, 15) is 0 Å². The highest BCUT2D eigenvalue weighted by molar-refractivity contribution is 6.13. The molecule has 0 aromatic heterocycles. The smallest absolute Gasteiger partial charge is 0.0144 e. The quantitative estimate of drug-likeness (QED) is 0.693. The van der Waals surface area contributed by atoms with Gasteiger partial charge < -0.3 is 0 Å². The summed E-state index contributed by atoms with van der Waals surface area (Å²) in [6, 6.07) is 9.07. The number of nitrogens with zero attached hydrogens (tertiary/aromatic N) is 1. The fourth-order valence-corrected chi connectivity index (χ4v) is 2.40. The van der Waals surface area contributed by atoms with Gasteiger partial charge in [0.2, 0.25) is 0 Å². The minimum Gasteiger partial charge on any atom is -0.220 e. The van der Waals surface area contributed by atoms with E-state index in [2.05, 4.69) is 31.2 Å². The first-order chi connectivity index (χ1) is 7.29. The first-order valence-corrected chi connectivity index (χ1v) is 6.13. The second-order valence-corrected chi connectivity index (χ2v) is 4.76. The molecule has 2 rings (SSSR count). The highest BCUT2D eigenvalue weighted by atomic mass is 35.5. The maximum absolute atomic E-state index is 5.95. The lowest BCUT2D eigenvalue weighted by molar-refractivity contribution is 0.336. The average Bonchev–Trinajstić information content (AvgIpc) is 2.30. The molecule has 0 spiro atoms. The van der Waals surface area contributed by atoms with Crippen LogP contribution in [-0.4, -0.2) is 17.5 Å². The van der Waals surface area contributed by atoms with E-state index in [-0.39, 0.29) is 0 Å². The molecule has 1 aromatic carbocycles. The van der Waals surface area contributed by atoms with Gasteiger partial charge in [-0.25, -0.2) is 4.42 Å². The molecule has 1 aliphatic heterocycles.